The minimum absolute atomic E-state index is 0.00924. The van der Waals surface area contributed by atoms with Crippen LogP contribution in [0.15, 0.2) is 51.5 Å². The van der Waals surface area contributed by atoms with Gasteiger partial charge in [0.2, 0.25) is 5.88 Å². The molecule has 0 amide bonds. The first-order valence-electron chi connectivity index (χ1n) is 6.03. The highest BCUT2D eigenvalue weighted by Gasteiger charge is 2.20. The van der Waals surface area contributed by atoms with Crippen molar-refractivity contribution >= 4 is 21.8 Å². The number of rotatable bonds is 2. The zero-order valence-electron chi connectivity index (χ0n) is 10.6. The molecule has 0 radical (unpaired) electrons. The summed E-state index contributed by atoms with van der Waals surface area (Å²) in [6.07, 6.45) is 0. The van der Waals surface area contributed by atoms with Gasteiger partial charge in [-0.05, 0) is 35.9 Å². The Bertz CT molecular complexity index is 817. The lowest BCUT2D eigenvalue weighted by molar-refractivity contribution is 0.439. The standard InChI is InChI=1S/C15H9BrF2N2O/c16-9-4-5-12(18)11(7-9)14-13(15(19)21-20-14)8-2-1-3-10(17)6-8/h1-7H,19H2. The van der Waals surface area contributed by atoms with E-state index in [1.54, 1.807) is 18.2 Å². The number of halogens is 3. The normalized spacial score (nSPS) is 10.8. The van der Waals surface area contributed by atoms with Crippen LogP contribution in [0, 0.1) is 11.6 Å². The van der Waals surface area contributed by atoms with Crippen molar-refractivity contribution in [1.82, 2.24) is 5.16 Å². The number of aromatic nitrogens is 1. The minimum atomic E-state index is -0.468. The van der Waals surface area contributed by atoms with Crippen LogP contribution in [0.2, 0.25) is 0 Å². The molecular formula is C15H9BrF2N2O. The number of anilines is 1. The largest absolute Gasteiger partial charge is 0.367 e. The van der Waals surface area contributed by atoms with Crippen LogP contribution in [-0.2, 0) is 0 Å². The maximum atomic E-state index is 14.0. The first-order chi connectivity index (χ1) is 10.1. The Balaban J connectivity index is 2.24. The van der Waals surface area contributed by atoms with E-state index in [4.69, 9.17) is 10.3 Å². The average Bonchev–Trinajstić information content (AvgIpc) is 2.83. The van der Waals surface area contributed by atoms with Crippen LogP contribution in [0.1, 0.15) is 0 Å². The van der Waals surface area contributed by atoms with Crippen LogP contribution in [0.3, 0.4) is 0 Å². The zero-order valence-corrected chi connectivity index (χ0v) is 12.2. The Kier molecular flexibility index (Phi) is 3.47. The van der Waals surface area contributed by atoms with Gasteiger partial charge in [-0.2, -0.15) is 0 Å². The van der Waals surface area contributed by atoms with Crippen LogP contribution in [0.4, 0.5) is 14.7 Å². The SMILES string of the molecule is Nc1onc(-c2cc(Br)ccc2F)c1-c1cccc(F)c1. The van der Waals surface area contributed by atoms with E-state index in [2.05, 4.69) is 21.1 Å². The van der Waals surface area contributed by atoms with E-state index in [-0.39, 0.29) is 17.1 Å². The third-order valence-corrected chi connectivity index (χ3v) is 3.51. The lowest BCUT2D eigenvalue weighted by atomic mass is 10.0. The molecule has 0 aliphatic rings. The Morgan fingerprint density at radius 2 is 1.90 bits per heavy atom. The highest BCUT2D eigenvalue weighted by molar-refractivity contribution is 9.10. The van der Waals surface area contributed by atoms with E-state index < -0.39 is 11.6 Å². The quantitative estimate of drug-likeness (QED) is 0.732. The van der Waals surface area contributed by atoms with Crippen LogP contribution in [0.5, 0.6) is 0 Å². The maximum absolute atomic E-state index is 14.0. The average molecular weight is 351 g/mol. The number of nitrogens with zero attached hydrogens (tertiary/aromatic N) is 1. The highest BCUT2D eigenvalue weighted by atomic mass is 79.9. The van der Waals surface area contributed by atoms with Crippen molar-refractivity contribution in [3.8, 4) is 22.4 Å². The minimum Gasteiger partial charge on any atom is -0.367 e. The summed E-state index contributed by atoms with van der Waals surface area (Å²) in [5, 5.41) is 3.81. The van der Waals surface area contributed by atoms with Crippen molar-refractivity contribution in [2.75, 3.05) is 5.73 Å². The molecule has 0 atom stereocenters. The predicted molar refractivity (Wildman–Crippen MR) is 79.4 cm³/mol. The fourth-order valence-electron chi connectivity index (χ4n) is 2.09. The number of nitrogen functional groups attached to an aromatic ring is 1. The van der Waals surface area contributed by atoms with E-state index in [0.29, 0.717) is 15.6 Å². The molecule has 6 heteroatoms. The predicted octanol–water partition coefficient (Wildman–Crippen LogP) is 4.63. The second-order valence-electron chi connectivity index (χ2n) is 4.40. The summed E-state index contributed by atoms with van der Waals surface area (Å²) in [6, 6.07) is 10.2. The summed E-state index contributed by atoms with van der Waals surface area (Å²) in [7, 11) is 0. The second kappa shape index (κ2) is 5.29. The Hall–Kier alpha value is -2.21. The van der Waals surface area contributed by atoms with Gasteiger partial charge in [0.1, 0.15) is 17.3 Å². The molecule has 0 saturated heterocycles. The zero-order chi connectivity index (χ0) is 15.0. The number of nitrogens with two attached hydrogens (primary N) is 1. The topological polar surface area (TPSA) is 52.0 Å². The molecule has 0 unspecified atom stereocenters. The number of benzene rings is 2. The van der Waals surface area contributed by atoms with E-state index in [0.717, 1.165) is 0 Å². The van der Waals surface area contributed by atoms with Crippen molar-refractivity contribution in [2.45, 2.75) is 0 Å². The van der Waals surface area contributed by atoms with Crippen molar-refractivity contribution in [2.24, 2.45) is 0 Å². The van der Waals surface area contributed by atoms with Gasteiger partial charge in [0.05, 0.1) is 5.56 Å². The number of hydrogen-bond donors (Lipinski definition) is 1. The molecule has 2 aromatic carbocycles. The first kappa shape index (κ1) is 13.8. The van der Waals surface area contributed by atoms with Crippen LogP contribution < -0.4 is 5.73 Å². The molecule has 3 nitrogen and oxygen atoms in total. The molecule has 0 aliphatic carbocycles. The third kappa shape index (κ3) is 2.54. The molecule has 0 spiro atoms. The van der Waals surface area contributed by atoms with Gasteiger partial charge in [0, 0.05) is 10.0 Å². The summed E-state index contributed by atoms with van der Waals surface area (Å²) < 4.78 is 33.1. The van der Waals surface area contributed by atoms with E-state index in [1.165, 1.54) is 24.3 Å². The van der Waals surface area contributed by atoms with Gasteiger partial charge in [-0.3, -0.25) is 0 Å². The summed E-state index contributed by atoms with van der Waals surface area (Å²) in [5.74, 6) is -0.882. The molecule has 2 N–H and O–H groups in total. The van der Waals surface area contributed by atoms with Gasteiger partial charge in [-0.1, -0.05) is 33.2 Å². The maximum Gasteiger partial charge on any atom is 0.230 e. The molecular weight excluding hydrogens is 342 g/mol. The molecule has 21 heavy (non-hydrogen) atoms. The second-order valence-corrected chi connectivity index (χ2v) is 5.32. The third-order valence-electron chi connectivity index (χ3n) is 3.02. The van der Waals surface area contributed by atoms with Crippen molar-refractivity contribution < 1.29 is 13.3 Å². The molecule has 106 valence electrons. The molecule has 1 aromatic heterocycles. The Labute approximate surface area is 127 Å². The smallest absolute Gasteiger partial charge is 0.230 e. The van der Waals surface area contributed by atoms with Crippen LogP contribution >= 0.6 is 15.9 Å². The van der Waals surface area contributed by atoms with E-state index in [1.807, 2.05) is 0 Å². The first-order valence-corrected chi connectivity index (χ1v) is 6.82. The van der Waals surface area contributed by atoms with Gasteiger partial charge >= 0.3 is 0 Å². The Morgan fingerprint density at radius 3 is 2.67 bits per heavy atom. The van der Waals surface area contributed by atoms with E-state index in [9.17, 15) is 8.78 Å². The van der Waals surface area contributed by atoms with Crippen LogP contribution in [0.25, 0.3) is 22.4 Å². The molecule has 3 rings (SSSR count). The fourth-order valence-corrected chi connectivity index (χ4v) is 2.45. The van der Waals surface area contributed by atoms with Crippen molar-refractivity contribution in [3.63, 3.8) is 0 Å². The van der Waals surface area contributed by atoms with Gasteiger partial charge < -0.3 is 10.3 Å². The molecule has 0 bridgehead atoms. The van der Waals surface area contributed by atoms with Gasteiger partial charge in [0.25, 0.3) is 0 Å². The number of hydrogen-bond acceptors (Lipinski definition) is 3. The van der Waals surface area contributed by atoms with Crippen LogP contribution in [-0.4, -0.2) is 5.16 Å². The molecule has 1 heterocycles. The van der Waals surface area contributed by atoms with Crippen molar-refractivity contribution in [1.29, 1.82) is 0 Å². The summed E-state index contributed by atoms with van der Waals surface area (Å²) >= 11 is 3.28. The molecule has 0 aliphatic heterocycles. The van der Waals surface area contributed by atoms with E-state index >= 15 is 0 Å². The van der Waals surface area contributed by atoms with Crippen molar-refractivity contribution in [3.05, 3.63) is 58.6 Å². The summed E-state index contributed by atoms with van der Waals surface area (Å²) in [4.78, 5) is 0. The Morgan fingerprint density at radius 1 is 1.10 bits per heavy atom. The fraction of sp³-hybridized carbons (Fsp3) is 0. The monoisotopic (exact) mass is 350 g/mol. The molecule has 0 saturated carbocycles. The van der Waals surface area contributed by atoms with Gasteiger partial charge in [0.15, 0.2) is 0 Å². The van der Waals surface area contributed by atoms with Gasteiger partial charge in [-0.25, -0.2) is 8.78 Å². The van der Waals surface area contributed by atoms with Gasteiger partial charge in [-0.15, -0.1) is 0 Å². The summed E-state index contributed by atoms with van der Waals surface area (Å²) in [5.41, 5.74) is 7.06. The summed E-state index contributed by atoms with van der Waals surface area (Å²) in [6.45, 7) is 0. The molecule has 3 aromatic rings. The highest BCUT2D eigenvalue weighted by Crippen LogP contribution is 2.38. The lowest BCUT2D eigenvalue weighted by Crippen LogP contribution is -1.91. The lowest BCUT2D eigenvalue weighted by Gasteiger charge is -2.05. The molecule has 0 fully saturated rings.